The molecule has 1 fully saturated rings. The molecule has 3 amide bonds. The summed E-state index contributed by atoms with van der Waals surface area (Å²) < 4.78 is 6.71. The van der Waals surface area contributed by atoms with Gasteiger partial charge >= 0.3 is 6.09 Å². The highest BCUT2D eigenvalue weighted by Gasteiger charge is 2.30. The molecule has 3 N–H and O–H groups in total. The van der Waals surface area contributed by atoms with Crippen molar-refractivity contribution in [2.45, 2.75) is 51.8 Å². The summed E-state index contributed by atoms with van der Waals surface area (Å²) in [7, 11) is 0. The van der Waals surface area contributed by atoms with Crippen LogP contribution in [0.15, 0.2) is 24.4 Å². The van der Waals surface area contributed by atoms with Crippen LogP contribution < -0.4 is 10.6 Å². The van der Waals surface area contributed by atoms with Crippen molar-refractivity contribution in [2.75, 3.05) is 0 Å². The number of benzene rings is 1. The fraction of sp³-hybridized carbons (Fsp3) is 0.421. The van der Waals surface area contributed by atoms with Gasteiger partial charge in [-0.05, 0) is 38.8 Å². The molecule has 0 saturated carbocycles. The Balaban J connectivity index is 1.85. The van der Waals surface area contributed by atoms with Crippen molar-refractivity contribution in [1.82, 2.24) is 15.2 Å². The number of amides is 3. The highest BCUT2D eigenvalue weighted by molar-refractivity contribution is 6.00. The van der Waals surface area contributed by atoms with Gasteiger partial charge in [-0.3, -0.25) is 14.9 Å². The van der Waals surface area contributed by atoms with E-state index in [2.05, 4.69) is 10.6 Å². The van der Waals surface area contributed by atoms with E-state index in [9.17, 15) is 19.5 Å². The Morgan fingerprint density at radius 1 is 1.33 bits per heavy atom. The highest BCUT2D eigenvalue weighted by atomic mass is 16.6. The van der Waals surface area contributed by atoms with Crippen molar-refractivity contribution >= 4 is 28.7 Å². The van der Waals surface area contributed by atoms with Crippen LogP contribution in [0.5, 0.6) is 5.88 Å². The van der Waals surface area contributed by atoms with Crippen LogP contribution in [0.2, 0.25) is 0 Å². The highest BCUT2D eigenvalue weighted by Crippen LogP contribution is 2.34. The Bertz CT molecular complexity index is 910. The van der Waals surface area contributed by atoms with Gasteiger partial charge in [-0.2, -0.15) is 0 Å². The summed E-state index contributed by atoms with van der Waals surface area (Å²) in [4.78, 5) is 35.4. The second-order valence-corrected chi connectivity index (χ2v) is 7.56. The Labute approximate surface area is 156 Å². The van der Waals surface area contributed by atoms with Gasteiger partial charge in [0.15, 0.2) is 5.88 Å². The van der Waals surface area contributed by atoms with Gasteiger partial charge in [0.1, 0.15) is 11.6 Å². The fourth-order valence-corrected chi connectivity index (χ4v) is 3.12. The van der Waals surface area contributed by atoms with Crippen LogP contribution >= 0.6 is 0 Å². The number of rotatable bonds is 3. The summed E-state index contributed by atoms with van der Waals surface area (Å²) in [6, 6.07) is 4.68. The lowest BCUT2D eigenvalue weighted by molar-refractivity contribution is -0.135. The van der Waals surface area contributed by atoms with Gasteiger partial charge in [-0.15, -0.1) is 0 Å². The zero-order chi connectivity index (χ0) is 19.8. The van der Waals surface area contributed by atoms with Crippen molar-refractivity contribution in [1.29, 1.82) is 0 Å². The number of nitrogens with zero attached hydrogens (tertiary/aromatic N) is 1. The summed E-state index contributed by atoms with van der Waals surface area (Å²) in [5.74, 6) is -0.788. The minimum absolute atomic E-state index is 0.0429. The van der Waals surface area contributed by atoms with E-state index in [1.807, 2.05) is 6.07 Å². The van der Waals surface area contributed by atoms with E-state index in [-0.39, 0.29) is 24.8 Å². The third-order valence-electron chi connectivity index (χ3n) is 4.32. The molecule has 3 rings (SSSR count). The van der Waals surface area contributed by atoms with E-state index >= 15 is 0 Å². The second kappa shape index (κ2) is 6.94. The lowest BCUT2D eigenvalue weighted by atomic mass is 10.1. The normalized spacial score (nSPS) is 17.7. The Morgan fingerprint density at radius 2 is 2.07 bits per heavy atom. The summed E-state index contributed by atoms with van der Waals surface area (Å²) in [6.07, 6.45) is 1.69. The van der Waals surface area contributed by atoms with E-state index in [4.69, 9.17) is 4.74 Å². The molecule has 2 aromatic rings. The number of carbonyl (C=O) groups excluding carboxylic acids is 3. The third kappa shape index (κ3) is 4.05. The van der Waals surface area contributed by atoms with E-state index in [1.165, 1.54) is 4.57 Å². The van der Waals surface area contributed by atoms with E-state index in [0.717, 1.165) is 10.9 Å². The maximum absolute atomic E-state index is 12.1. The molecule has 0 aliphatic carbocycles. The van der Waals surface area contributed by atoms with Crippen LogP contribution in [0.1, 0.15) is 45.2 Å². The second-order valence-electron chi connectivity index (χ2n) is 7.56. The predicted molar refractivity (Wildman–Crippen MR) is 98.1 cm³/mol. The molecule has 1 aromatic heterocycles. The van der Waals surface area contributed by atoms with Crippen molar-refractivity contribution in [2.24, 2.45) is 0 Å². The van der Waals surface area contributed by atoms with Gasteiger partial charge in [0.25, 0.3) is 0 Å². The standard InChI is InChI=1S/C19H23N3O5/c1-19(2,3)27-18(26)20-9-11-5-4-6-12-13(11)10-22(17(12)25)14-7-8-15(23)21-16(14)24/h4-6,10,14,25H,7-9H2,1-3H3,(H,20,26)(H,21,23,24). The zero-order valence-electron chi connectivity index (χ0n) is 15.5. The topological polar surface area (TPSA) is 110 Å². The van der Waals surface area contributed by atoms with Crippen LogP contribution in [0.4, 0.5) is 4.79 Å². The van der Waals surface area contributed by atoms with Gasteiger partial charge in [0, 0.05) is 29.9 Å². The summed E-state index contributed by atoms with van der Waals surface area (Å²) >= 11 is 0. The number of ether oxygens (including phenoxy) is 1. The predicted octanol–water partition coefficient (Wildman–Crippen LogP) is 2.35. The molecule has 1 aliphatic heterocycles. The van der Waals surface area contributed by atoms with E-state index < -0.39 is 23.6 Å². The number of fused-ring (bicyclic) bond motifs is 1. The average Bonchev–Trinajstić information content (AvgIpc) is 2.89. The van der Waals surface area contributed by atoms with Crippen LogP contribution in [0.25, 0.3) is 10.8 Å². The molecule has 27 heavy (non-hydrogen) atoms. The molecule has 0 spiro atoms. The van der Waals surface area contributed by atoms with Gasteiger partial charge in [0.2, 0.25) is 11.8 Å². The van der Waals surface area contributed by atoms with Crippen LogP contribution in [0.3, 0.4) is 0 Å². The molecule has 8 heteroatoms. The first kappa shape index (κ1) is 18.8. The van der Waals surface area contributed by atoms with Crippen LogP contribution in [-0.2, 0) is 20.9 Å². The van der Waals surface area contributed by atoms with Crippen molar-refractivity contribution in [3.8, 4) is 5.88 Å². The lowest BCUT2D eigenvalue weighted by Gasteiger charge is -2.22. The summed E-state index contributed by atoms with van der Waals surface area (Å²) in [6.45, 7) is 5.56. The number of alkyl carbamates (subject to hydrolysis) is 1. The molecule has 1 atom stereocenters. The smallest absolute Gasteiger partial charge is 0.407 e. The van der Waals surface area contributed by atoms with Crippen molar-refractivity contribution in [3.63, 3.8) is 0 Å². The minimum atomic E-state index is -0.651. The summed E-state index contributed by atoms with van der Waals surface area (Å²) in [5, 5.41) is 16.8. The number of hydrogen-bond acceptors (Lipinski definition) is 5. The minimum Gasteiger partial charge on any atom is -0.494 e. The van der Waals surface area contributed by atoms with Crippen LogP contribution in [0, 0.1) is 0 Å². The molecular formula is C19H23N3O5. The Morgan fingerprint density at radius 3 is 2.74 bits per heavy atom. The number of nitrogens with one attached hydrogen (secondary N) is 2. The molecule has 0 radical (unpaired) electrons. The number of piperidine rings is 1. The van der Waals surface area contributed by atoms with Crippen molar-refractivity contribution in [3.05, 3.63) is 30.0 Å². The van der Waals surface area contributed by atoms with Crippen molar-refractivity contribution < 1.29 is 24.2 Å². The largest absolute Gasteiger partial charge is 0.494 e. The molecular weight excluding hydrogens is 350 g/mol. The zero-order valence-corrected chi connectivity index (χ0v) is 15.5. The van der Waals surface area contributed by atoms with Gasteiger partial charge in [-0.25, -0.2) is 4.79 Å². The quantitative estimate of drug-likeness (QED) is 0.716. The molecule has 1 aromatic carbocycles. The Kier molecular flexibility index (Phi) is 4.82. The lowest BCUT2D eigenvalue weighted by Crippen LogP contribution is -2.41. The molecule has 0 bridgehead atoms. The van der Waals surface area contributed by atoms with E-state index in [0.29, 0.717) is 11.8 Å². The number of imide groups is 1. The van der Waals surface area contributed by atoms with Gasteiger partial charge < -0.3 is 19.7 Å². The number of carbonyl (C=O) groups is 3. The molecule has 8 nitrogen and oxygen atoms in total. The molecule has 1 saturated heterocycles. The maximum atomic E-state index is 12.1. The molecule has 144 valence electrons. The summed E-state index contributed by atoms with van der Waals surface area (Å²) in [5.41, 5.74) is 0.184. The maximum Gasteiger partial charge on any atom is 0.407 e. The first-order valence-electron chi connectivity index (χ1n) is 8.77. The van der Waals surface area contributed by atoms with Gasteiger partial charge in [0.05, 0.1) is 0 Å². The molecule has 1 aliphatic rings. The van der Waals surface area contributed by atoms with Gasteiger partial charge in [-0.1, -0.05) is 12.1 Å². The first-order chi connectivity index (χ1) is 12.7. The van der Waals surface area contributed by atoms with E-state index in [1.54, 1.807) is 39.1 Å². The Hall–Kier alpha value is -3.03. The average molecular weight is 373 g/mol. The first-order valence-corrected chi connectivity index (χ1v) is 8.77. The SMILES string of the molecule is CC(C)(C)OC(=O)NCc1cccc2c(O)n(C3CCC(=O)NC3=O)cc12. The molecule has 1 unspecified atom stereocenters. The van der Waals surface area contributed by atoms with Crippen LogP contribution in [-0.4, -0.2) is 33.2 Å². The molecule has 2 heterocycles. The third-order valence-corrected chi connectivity index (χ3v) is 4.32. The number of aromatic nitrogens is 1. The fourth-order valence-electron chi connectivity index (χ4n) is 3.12. The monoisotopic (exact) mass is 373 g/mol. The number of aromatic hydroxyl groups is 1. The number of hydrogen-bond donors (Lipinski definition) is 3.